The first-order valence-corrected chi connectivity index (χ1v) is 6.80. The van der Waals surface area contributed by atoms with Gasteiger partial charge in [0.25, 0.3) is 5.91 Å². The third-order valence-electron chi connectivity index (χ3n) is 4.18. The fourth-order valence-electron chi connectivity index (χ4n) is 3.11. The number of carbonyl (C=O) groups is 1. The number of amides is 1. The van der Waals surface area contributed by atoms with E-state index in [2.05, 4.69) is 17.5 Å². The Labute approximate surface area is 116 Å². The lowest BCUT2D eigenvalue weighted by atomic mass is 9.93. The van der Waals surface area contributed by atoms with E-state index in [9.17, 15) is 9.59 Å². The maximum atomic E-state index is 12.0. The average molecular weight is 275 g/mol. The van der Waals surface area contributed by atoms with Crippen LogP contribution in [0.2, 0.25) is 0 Å². The summed E-state index contributed by atoms with van der Waals surface area (Å²) in [6, 6.07) is 1.16. The predicted molar refractivity (Wildman–Crippen MR) is 72.7 cm³/mol. The highest BCUT2D eigenvalue weighted by atomic mass is 16.5. The molecule has 0 radical (unpaired) electrons. The molecule has 0 aromatic carbocycles. The van der Waals surface area contributed by atoms with Gasteiger partial charge in [-0.2, -0.15) is 0 Å². The van der Waals surface area contributed by atoms with E-state index in [-0.39, 0.29) is 22.8 Å². The van der Waals surface area contributed by atoms with Gasteiger partial charge in [0, 0.05) is 12.6 Å². The Bertz CT molecular complexity index is 604. The van der Waals surface area contributed by atoms with Gasteiger partial charge in [0.1, 0.15) is 6.26 Å². The van der Waals surface area contributed by atoms with Crippen molar-refractivity contribution in [2.75, 3.05) is 13.7 Å². The lowest BCUT2D eigenvalue weighted by Crippen LogP contribution is -2.31. The van der Waals surface area contributed by atoms with E-state index in [0.717, 1.165) is 18.8 Å². The van der Waals surface area contributed by atoms with Crippen LogP contribution in [0.3, 0.4) is 0 Å². The van der Waals surface area contributed by atoms with Gasteiger partial charge in [-0.05, 0) is 30.6 Å². The van der Waals surface area contributed by atoms with Crippen LogP contribution in [0.25, 0.3) is 0 Å². The van der Waals surface area contributed by atoms with Crippen molar-refractivity contribution in [1.82, 2.24) is 5.32 Å². The zero-order valence-electron chi connectivity index (χ0n) is 11.3. The molecule has 3 rings (SSSR count). The average Bonchev–Trinajstić information content (AvgIpc) is 3.07. The smallest absolute Gasteiger partial charge is 0.287 e. The van der Waals surface area contributed by atoms with E-state index in [4.69, 9.17) is 9.15 Å². The molecule has 0 aliphatic heterocycles. The van der Waals surface area contributed by atoms with Crippen LogP contribution < -0.4 is 15.5 Å². The quantitative estimate of drug-likeness (QED) is 0.847. The van der Waals surface area contributed by atoms with Gasteiger partial charge in [-0.15, -0.1) is 0 Å². The molecular weight excluding hydrogens is 258 g/mol. The van der Waals surface area contributed by atoms with Crippen LogP contribution in [0, 0.1) is 17.8 Å². The maximum absolute atomic E-state index is 12.0. The van der Waals surface area contributed by atoms with E-state index in [1.165, 1.54) is 13.5 Å². The third kappa shape index (κ3) is 2.35. The molecule has 1 fully saturated rings. The summed E-state index contributed by atoms with van der Waals surface area (Å²) in [5.41, 5.74) is -0.355. The van der Waals surface area contributed by atoms with Crippen molar-refractivity contribution < 1.29 is 13.9 Å². The SMILES string of the molecule is COc1coc(C(=O)NC[C@@H]2C[C@H]3C=C[C@H]2C3)cc1=O. The summed E-state index contributed by atoms with van der Waals surface area (Å²) in [5.74, 6) is 1.54. The molecule has 0 spiro atoms. The summed E-state index contributed by atoms with van der Waals surface area (Å²) in [5, 5.41) is 2.84. The summed E-state index contributed by atoms with van der Waals surface area (Å²) in [6.07, 6.45) is 8.02. The first-order valence-electron chi connectivity index (χ1n) is 6.80. The summed E-state index contributed by atoms with van der Waals surface area (Å²) < 4.78 is 9.93. The minimum Gasteiger partial charge on any atom is -0.490 e. The Hall–Kier alpha value is -2.04. The van der Waals surface area contributed by atoms with E-state index in [0.29, 0.717) is 24.3 Å². The van der Waals surface area contributed by atoms with Gasteiger partial charge in [0.05, 0.1) is 7.11 Å². The van der Waals surface area contributed by atoms with Crippen LogP contribution in [0.1, 0.15) is 23.4 Å². The fraction of sp³-hybridized carbons (Fsp3) is 0.467. The Kier molecular flexibility index (Phi) is 3.34. The van der Waals surface area contributed by atoms with Crippen LogP contribution in [-0.4, -0.2) is 19.6 Å². The number of hydrogen-bond acceptors (Lipinski definition) is 4. The summed E-state index contributed by atoms with van der Waals surface area (Å²) in [7, 11) is 1.38. The number of nitrogens with one attached hydrogen (secondary N) is 1. The standard InChI is InChI=1S/C15H17NO4/c1-19-14-8-20-13(6-12(14)17)15(18)16-7-11-5-9-2-3-10(11)4-9/h2-3,6,8-11H,4-5,7H2,1H3,(H,16,18)/t9-,10-,11-/m0/s1. The zero-order chi connectivity index (χ0) is 14.1. The number of fused-ring (bicyclic) bond motifs is 2. The van der Waals surface area contributed by atoms with Crippen LogP contribution in [0.15, 0.2) is 33.7 Å². The molecule has 2 bridgehead atoms. The van der Waals surface area contributed by atoms with Crippen molar-refractivity contribution >= 4 is 5.91 Å². The van der Waals surface area contributed by atoms with Crippen LogP contribution in [0.4, 0.5) is 0 Å². The minimum absolute atomic E-state index is 0.0227. The molecule has 0 saturated heterocycles. The van der Waals surface area contributed by atoms with Gasteiger partial charge in [0.15, 0.2) is 5.76 Å². The summed E-state index contributed by atoms with van der Waals surface area (Å²) in [4.78, 5) is 23.5. The van der Waals surface area contributed by atoms with Crippen molar-refractivity contribution in [1.29, 1.82) is 0 Å². The van der Waals surface area contributed by atoms with E-state index < -0.39 is 0 Å². The fourth-order valence-corrected chi connectivity index (χ4v) is 3.11. The van der Waals surface area contributed by atoms with Gasteiger partial charge in [-0.1, -0.05) is 12.2 Å². The van der Waals surface area contributed by atoms with Gasteiger partial charge in [-0.3, -0.25) is 9.59 Å². The monoisotopic (exact) mass is 275 g/mol. The molecule has 1 heterocycles. The molecule has 1 aromatic rings. The summed E-state index contributed by atoms with van der Waals surface area (Å²) in [6.45, 7) is 0.625. The molecule has 0 unspecified atom stereocenters. The van der Waals surface area contributed by atoms with E-state index >= 15 is 0 Å². The molecule has 1 aromatic heterocycles. The number of methoxy groups -OCH3 is 1. The molecule has 2 aliphatic rings. The highest BCUT2D eigenvalue weighted by Gasteiger charge is 2.35. The molecule has 20 heavy (non-hydrogen) atoms. The maximum Gasteiger partial charge on any atom is 0.287 e. The van der Waals surface area contributed by atoms with Gasteiger partial charge >= 0.3 is 0 Å². The number of ether oxygens (including phenoxy) is 1. The molecule has 1 saturated carbocycles. The van der Waals surface area contributed by atoms with Crippen molar-refractivity contribution in [2.45, 2.75) is 12.8 Å². The third-order valence-corrected chi connectivity index (χ3v) is 4.18. The molecule has 5 nitrogen and oxygen atoms in total. The van der Waals surface area contributed by atoms with Gasteiger partial charge < -0.3 is 14.5 Å². The lowest BCUT2D eigenvalue weighted by molar-refractivity contribution is 0.0914. The topological polar surface area (TPSA) is 68.5 Å². The molecular formula is C15H17NO4. The number of hydrogen-bond donors (Lipinski definition) is 1. The Morgan fingerprint density at radius 3 is 2.90 bits per heavy atom. The van der Waals surface area contributed by atoms with Crippen LogP contribution in [0.5, 0.6) is 5.75 Å². The van der Waals surface area contributed by atoms with Gasteiger partial charge in [-0.25, -0.2) is 0 Å². The highest BCUT2D eigenvalue weighted by molar-refractivity contribution is 5.91. The molecule has 1 amide bonds. The van der Waals surface area contributed by atoms with Gasteiger partial charge in [0.2, 0.25) is 11.2 Å². The van der Waals surface area contributed by atoms with Crippen molar-refractivity contribution in [2.24, 2.45) is 17.8 Å². The number of carbonyl (C=O) groups excluding carboxylic acids is 1. The normalized spacial score (nSPS) is 26.8. The molecule has 106 valence electrons. The second-order valence-corrected chi connectivity index (χ2v) is 5.43. The van der Waals surface area contributed by atoms with E-state index in [1.54, 1.807) is 0 Å². The number of allylic oxidation sites excluding steroid dienone is 2. The van der Waals surface area contributed by atoms with Crippen molar-refractivity contribution in [3.8, 4) is 5.75 Å². The number of rotatable bonds is 4. The molecule has 1 N–H and O–H groups in total. The lowest BCUT2D eigenvalue weighted by Gasteiger charge is -2.18. The highest BCUT2D eigenvalue weighted by Crippen LogP contribution is 2.42. The van der Waals surface area contributed by atoms with Crippen molar-refractivity contribution in [3.63, 3.8) is 0 Å². The van der Waals surface area contributed by atoms with Crippen molar-refractivity contribution in [3.05, 3.63) is 40.5 Å². The summed E-state index contributed by atoms with van der Waals surface area (Å²) >= 11 is 0. The van der Waals surface area contributed by atoms with E-state index in [1.807, 2.05) is 0 Å². The Morgan fingerprint density at radius 2 is 2.30 bits per heavy atom. The predicted octanol–water partition coefficient (Wildman–Crippen LogP) is 1.59. The largest absolute Gasteiger partial charge is 0.490 e. The second-order valence-electron chi connectivity index (χ2n) is 5.43. The molecule has 2 aliphatic carbocycles. The first kappa shape index (κ1) is 13.0. The Morgan fingerprint density at radius 1 is 1.45 bits per heavy atom. The molecule has 5 heteroatoms. The molecule has 3 atom stereocenters. The second kappa shape index (κ2) is 5.15. The van der Waals surface area contributed by atoms with Crippen LogP contribution in [-0.2, 0) is 0 Å². The minimum atomic E-state index is -0.355. The zero-order valence-corrected chi connectivity index (χ0v) is 11.3. The first-order chi connectivity index (χ1) is 9.67. The van der Waals surface area contributed by atoms with Crippen LogP contribution >= 0.6 is 0 Å². The Balaban J connectivity index is 1.61.